The highest BCUT2D eigenvalue weighted by molar-refractivity contribution is 5.65. The molecule has 2 fully saturated rings. The van der Waals surface area contributed by atoms with Gasteiger partial charge in [-0.1, -0.05) is 36.4 Å². The number of aromatic nitrogens is 2. The van der Waals surface area contributed by atoms with Gasteiger partial charge in [0.05, 0.1) is 5.69 Å². The molecule has 3 aliphatic rings. The Bertz CT molecular complexity index is 860. The maximum atomic E-state index is 6.00. The zero-order valence-electron chi connectivity index (χ0n) is 14.9. The Morgan fingerprint density at radius 3 is 2.62 bits per heavy atom. The molecule has 1 saturated carbocycles. The minimum absolute atomic E-state index is 0.190. The zero-order chi connectivity index (χ0) is 17.7. The molecule has 2 aromatic rings. The number of nitrogen functional groups attached to an aromatic ring is 1. The fraction of sp³-hybridized carbons (Fsp3) is 0.429. The van der Waals surface area contributed by atoms with Crippen molar-refractivity contribution in [2.45, 2.75) is 43.1 Å². The van der Waals surface area contributed by atoms with Gasteiger partial charge in [-0.2, -0.15) is 4.98 Å². The number of nitrogens with two attached hydrogens (primary N) is 2. The standard InChI is InChI=1S/C21H25N5/c22-16-11-15(12-16)18-13-19(25-20(23)24-18)26-9-7-21(8-10-26)6-5-14-3-1-2-4-17(14)21/h1-6,13,15-16H,7-12,22H2,(H2,23,24,25). The van der Waals surface area contributed by atoms with E-state index in [1.807, 2.05) is 0 Å². The number of hydrogen-bond donors (Lipinski definition) is 2. The third-order valence-corrected chi connectivity index (χ3v) is 6.40. The Balaban J connectivity index is 1.36. The normalized spacial score (nSPS) is 26.0. The van der Waals surface area contributed by atoms with Crippen LogP contribution in [0, 0.1) is 0 Å². The van der Waals surface area contributed by atoms with Crippen molar-refractivity contribution in [3.05, 3.63) is 53.2 Å². The molecule has 2 aliphatic carbocycles. The van der Waals surface area contributed by atoms with E-state index in [4.69, 9.17) is 11.5 Å². The lowest BCUT2D eigenvalue weighted by molar-refractivity contribution is 0.345. The molecule has 0 bridgehead atoms. The Morgan fingerprint density at radius 2 is 1.85 bits per heavy atom. The molecule has 1 aromatic carbocycles. The molecule has 1 spiro atoms. The van der Waals surface area contributed by atoms with Gasteiger partial charge in [0.15, 0.2) is 0 Å². The molecule has 0 amide bonds. The first-order chi connectivity index (χ1) is 12.6. The van der Waals surface area contributed by atoms with E-state index in [9.17, 15) is 0 Å². The molecule has 1 saturated heterocycles. The number of rotatable bonds is 2. The molecule has 134 valence electrons. The molecular formula is C21H25N5. The summed E-state index contributed by atoms with van der Waals surface area (Å²) in [6.07, 6.45) is 8.90. The SMILES string of the molecule is Nc1nc(C2CC(N)C2)cc(N2CCC3(C=Cc4ccccc43)CC2)n1. The maximum Gasteiger partial charge on any atom is 0.222 e. The van der Waals surface area contributed by atoms with Gasteiger partial charge in [-0.15, -0.1) is 0 Å². The minimum Gasteiger partial charge on any atom is -0.368 e. The lowest BCUT2D eigenvalue weighted by atomic mass is 9.74. The molecule has 1 aromatic heterocycles. The molecule has 5 heteroatoms. The topological polar surface area (TPSA) is 81.1 Å². The van der Waals surface area contributed by atoms with Crippen molar-refractivity contribution in [3.63, 3.8) is 0 Å². The number of fused-ring (bicyclic) bond motifs is 2. The summed E-state index contributed by atoms with van der Waals surface area (Å²) < 4.78 is 0. The summed E-state index contributed by atoms with van der Waals surface area (Å²) in [5, 5.41) is 0. The van der Waals surface area contributed by atoms with Crippen LogP contribution in [-0.4, -0.2) is 29.1 Å². The number of benzene rings is 1. The van der Waals surface area contributed by atoms with Gasteiger partial charge < -0.3 is 16.4 Å². The average Bonchev–Trinajstić information content (AvgIpc) is 2.98. The highest BCUT2D eigenvalue weighted by Gasteiger charge is 2.38. The zero-order valence-corrected chi connectivity index (χ0v) is 14.9. The van der Waals surface area contributed by atoms with Crippen LogP contribution in [0.2, 0.25) is 0 Å². The molecule has 2 heterocycles. The van der Waals surface area contributed by atoms with Crippen LogP contribution in [0.25, 0.3) is 6.08 Å². The molecular weight excluding hydrogens is 322 g/mol. The van der Waals surface area contributed by atoms with Crippen LogP contribution in [0.1, 0.15) is 48.4 Å². The van der Waals surface area contributed by atoms with Gasteiger partial charge >= 0.3 is 0 Å². The smallest absolute Gasteiger partial charge is 0.222 e. The van der Waals surface area contributed by atoms with Crippen LogP contribution in [0.5, 0.6) is 0 Å². The number of nitrogens with zero attached hydrogens (tertiary/aromatic N) is 3. The first-order valence-electron chi connectivity index (χ1n) is 9.57. The van der Waals surface area contributed by atoms with Crippen LogP contribution in [-0.2, 0) is 5.41 Å². The largest absolute Gasteiger partial charge is 0.368 e. The monoisotopic (exact) mass is 347 g/mol. The molecule has 5 nitrogen and oxygen atoms in total. The van der Waals surface area contributed by atoms with Crippen molar-refractivity contribution in [2.75, 3.05) is 23.7 Å². The lowest BCUT2D eigenvalue weighted by Crippen LogP contribution is -2.41. The Hall–Kier alpha value is -2.40. The van der Waals surface area contributed by atoms with Crippen LogP contribution < -0.4 is 16.4 Å². The fourth-order valence-electron chi connectivity index (χ4n) is 4.75. The van der Waals surface area contributed by atoms with Crippen molar-refractivity contribution in [3.8, 4) is 0 Å². The summed E-state index contributed by atoms with van der Waals surface area (Å²) in [6.45, 7) is 1.97. The van der Waals surface area contributed by atoms with Gasteiger partial charge in [0.1, 0.15) is 5.82 Å². The van der Waals surface area contributed by atoms with Crippen molar-refractivity contribution in [1.82, 2.24) is 9.97 Å². The second kappa shape index (κ2) is 5.81. The Kier molecular flexibility index (Phi) is 3.54. The van der Waals surface area contributed by atoms with Crippen LogP contribution in [0.15, 0.2) is 36.4 Å². The van der Waals surface area contributed by atoms with E-state index in [0.717, 1.165) is 50.3 Å². The van der Waals surface area contributed by atoms with Gasteiger partial charge in [0, 0.05) is 36.5 Å². The van der Waals surface area contributed by atoms with E-state index < -0.39 is 0 Å². The molecule has 26 heavy (non-hydrogen) atoms. The molecule has 0 atom stereocenters. The third-order valence-electron chi connectivity index (χ3n) is 6.40. The number of allylic oxidation sites excluding steroid dienone is 1. The number of piperidine rings is 1. The van der Waals surface area contributed by atoms with E-state index in [-0.39, 0.29) is 5.41 Å². The maximum absolute atomic E-state index is 6.00. The summed E-state index contributed by atoms with van der Waals surface area (Å²) in [5.74, 6) is 1.79. The first-order valence-corrected chi connectivity index (χ1v) is 9.57. The van der Waals surface area contributed by atoms with Gasteiger partial charge in [0.2, 0.25) is 5.95 Å². The second-order valence-corrected chi connectivity index (χ2v) is 8.00. The van der Waals surface area contributed by atoms with Gasteiger partial charge in [-0.25, -0.2) is 4.98 Å². The van der Waals surface area contributed by atoms with Crippen LogP contribution in [0.3, 0.4) is 0 Å². The molecule has 0 unspecified atom stereocenters. The van der Waals surface area contributed by atoms with Crippen molar-refractivity contribution in [2.24, 2.45) is 5.73 Å². The van der Waals surface area contributed by atoms with Gasteiger partial charge in [-0.05, 0) is 36.8 Å². The van der Waals surface area contributed by atoms with Gasteiger partial charge in [-0.3, -0.25) is 0 Å². The second-order valence-electron chi connectivity index (χ2n) is 8.00. The van der Waals surface area contributed by atoms with E-state index in [1.165, 1.54) is 11.1 Å². The molecule has 1 aliphatic heterocycles. The van der Waals surface area contributed by atoms with E-state index in [0.29, 0.717) is 17.9 Å². The number of hydrogen-bond acceptors (Lipinski definition) is 5. The first kappa shape index (κ1) is 15.8. The number of anilines is 2. The van der Waals surface area contributed by atoms with Gasteiger partial charge in [0.25, 0.3) is 0 Å². The summed E-state index contributed by atoms with van der Waals surface area (Å²) in [6, 6.07) is 11.2. The summed E-state index contributed by atoms with van der Waals surface area (Å²) in [7, 11) is 0. The predicted octanol–water partition coefficient (Wildman–Crippen LogP) is 2.83. The Labute approximate surface area is 154 Å². The van der Waals surface area contributed by atoms with Crippen molar-refractivity contribution in [1.29, 1.82) is 0 Å². The van der Waals surface area contributed by atoms with E-state index in [2.05, 4.69) is 57.4 Å². The predicted molar refractivity (Wildman–Crippen MR) is 105 cm³/mol. The Morgan fingerprint density at radius 1 is 1.08 bits per heavy atom. The average molecular weight is 347 g/mol. The minimum atomic E-state index is 0.190. The quantitative estimate of drug-likeness (QED) is 0.873. The fourth-order valence-corrected chi connectivity index (χ4v) is 4.75. The summed E-state index contributed by atoms with van der Waals surface area (Å²) in [5.41, 5.74) is 16.0. The highest BCUT2D eigenvalue weighted by Crippen LogP contribution is 2.44. The van der Waals surface area contributed by atoms with E-state index in [1.54, 1.807) is 0 Å². The van der Waals surface area contributed by atoms with E-state index >= 15 is 0 Å². The third kappa shape index (κ3) is 2.50. The summed E-state index contributed by atoms with van der Waals surface area (Å²) in [4.78, 5) is 11.3. The van der Waals surface area contributed by atoms with Crippen LogP contribution in [0.4, 0.5) is 11.8 Å². The van der Waals surface area contributed by atoms with Crippen molar-refractivity contribution < 1.29 is 0 Å². The molecule has 0 radical (unpaired) electrons. The highest BCUT2D eigenvalue weighted by atomic mass is 15.2. The lowest BCUT2D eigenvalue weighted by Gasteiger charge is -2.40. The molecule has 4 N–H and O–H groups in total. The van der Waals surface area contributed by atoms with Crippen molar-refractivity contribution >= 4 is 17.8 Å². The summed E-state index contributed by atoms with van der Waals surface area (Å²) >= 11 is 0. The molecule has 5 rings (SSSR count). The van der Waals surface area contributed by atoms with Crippen LogP contribution >= 0.6 is 0 Å².